The summed E-state index contributed by atoms with van der Waals surface area (Å²) in [7, 11) is 0. The van der Waals surface area contributed by atoms with E-state index in [0.29, 0.717) is 0 Å². The number of ether oxygens (including phenoxy) is 12. The molecule has 0 radical (unpaired) electrons. The van der Waals surface area contributed by atoms with Crippen molar-refractivity contribution in [3.05, 3.63) is 44.5 Å². The average molecular weight is 1570 g/mol. The molecule has 0 aromatic heterocycles. The molecule has 10 aliphatic rings. The summed E-state index contributed by atoms with van der Waals surface area (Å²) in [5.41, 5.74) is -2.09. The van der Waals surface area contributed by atoms with Crippen molar-refractivity contribution in [2.75, 3.05) is 159 Å². The summed E-state index contributed by atoms with van der Waals surface area (Å²) in [6.07, 6.45) is 0. The van der Waals surface area contributed by atoms with E-state index in [1.165, 1.54) is 215 Å². The van der Waals surface area contributed by atoms with Crippen LogP contribution < -0.4 is 0 Å². The van der Waals surface area contributed by atoms with Gasteiger partial charge in [-0.15, -0.1) is 0 Å². The second kappa shape index (κ2) is 16.8. The molecule has 0 heterocycles. The van der Waals surface area contributed by atoms with E-state index in [1.807, 2.05) is 0 Å². The molecule has 39 rings (SSSR count). The molecule has 572 valence electrons. The highest BCUT2D eigenvalue weighted by Gasteiger charge is 3.04. The lowest BCUT2D eigenvalue weighted by molar-refractivity contribution is -0.170. The fourth-order valence-electron chi connectivity index (χ4n) is 34.5. The Morgan fingerprint density at radius 2 is 0.250 bits per heavy atom. The fourth-order valence-corrected chi connectivity index (χ4v) is 34.5. The monoisotopic (exact) mass is 1570 g/mol. The van der Waals surface area contributed by atoms with Gasteiger partial charge >= 0.3 is 23.9 Å². The third kappa shape index (κ3) is 4.25. The Kier molecular flexibility index (Phi) is 8.32. The van der Waals surface area contributed by atoms with E-state index in [0.717, 1.165) is 141 Å². The first kappa shape index (κ1) is 59.5. The van der Waals surface area contributed by atoms with Gasteiger partial charge in [0, 0.05) is 0 Å². The van der Waals surface area contributed by atoms with Crippen LogP contribution in [-0.2, 0) is 97.7 Å². The lowest BCUT2D eigenvalue weighted by Gasteiger charge is -2.33. The molecule has 0 atom stereocenters. The van der Waals surface area contributed by atoms with Crippen LogP contribution in [0.5, 0.6) is 0 Å². The quantitative estimate of drug-likeness (QED) is 0.00710. The van der Waals surface area contributed by atoms with Gasteiger partial charge in [0.05, 0.1) is 154 Å². The van der Waals surface area contributed by atoms with Crippen molar-refractivity contribution >= 4 is 336 Å². The van der Waals surface area contributed by atoms with Crippen molar-refractivity contribution in [3.8, 4) is 0 Å². The summed E-state index contributed by atoms with van der Waals surface area (Å²) in [6.45, 7) is 0.993. The van der Waals surface area contributed by atoms with Crippen molar-refractivity contribution in [1.82, 2.24) is 0 Å². The maximum absolute atomic E-state index is 18.2. The molecule has 0 amide bonds. The van der Waals surface area contributed by atoms with Crippen LogP contribution in [0.2, 0.25) is 0 Å². The highest BCUT2D eigenvalue weighted by Crippen LogP contribution is 3.00. The number of esters is 4. The molecule has 0 aliphatic heterocycles. The highest BCUT2D eigenvalue weighted by atomic mass is 16.6. The van der Waals surface area contributed by atoms with E-state index in [2.05, 4.69) is 0 Å². The molecule has 120 heavy (non-hydrogen) atoms. The summed E-state index contributed by atoms with van der Waals surface area (Å²) in [5.74, 6) is -2.65. The molecular weight excluding hydrogens is 1520 g/mol. The molecule has 0 bridgehead atoms. The van der Waals surface area contributed by atoms with Gasteiger partial charge in [-0.3, -0.25) is 19.2 Å². The molecule has 4 spiro atoms. The highest BCUT2D eigenvalue weighted by molar-refractivity contribution is 6.81. The number of rotatable bonds is 36. The van der Waals surface area contributed by atoms with Gasteiger partial charge in [-0.25, -0.2) is 0 Å². The molecule has 20 nitrogen and oxygen atoms in total. The lowest BCUT2D eigenvalue weighted by atomic mass is 9.66. The number of hydrogen-bond acceptors (Lipinski definition) is 20. The SMILES string of the molecule is O=C(OCCOCCOCCO)C1(C(=O)OCCOCCOCCO)C23c4c5c6c2c2c7c8c9c%10c(c%11c4c4c%12c5c5c%13c%14c%15c%16c%17c%18c%19c%20c%21c(c5c6c5c2c2c7c6c9c7c9c%10c%10c%11c4c4c(c%14%12)c%15c%11c%17c%12c%14c%18c%15c%20c(c%215)c2c2c6c7c(c%14c%152)c2c9c%10c4c%11c%122)C%132C(C(=O)OCCOCCOCCO)(C(=O)OCCOCCOCCO)C%16%192)C813. The third-order valence-corrected chi connectivity index (χ3v) is 35.5. The Balaban J connectivity index is 0.757. The molecule has 29 aromatic rings. The number of benzene rings is 21. The van der Waals surface area contributed by atoms with E-state index in [4.69, 9.17) is 56.8 Å². The second-order valence-electron chi connectivity index (χ2n) is 37.6. The van der Waals surface area contributed by atoms with Gasteiger partial charge < -0.3 is 77.3 Å². The molecule has 20 heteroatoms. The zero-order chi connectivity index (χ0) is 76.9. The fraction of sp³-hybridized carbons (Fsp3) is 0.300. The Bertz CT molecular complexity index is 8860. The molecule has 2 fully saturated rings. The predicted octanol–water partition coefficient (Wildman–Crippen LogP) is 14.1. The average Bonchev–Trinajstić information content (AvgIpc) is 1.35. The van der Waals surface area contributed by atoms with Gasteiger partial charge in [0.25, 0.3) is 0 Å². The molecule has 29 aromatic carbocycles. The van der Waals surface area contributed by atoms with Gasteiger partial charge in [0.15, 0.2) is 10.8 Å². The first-order valence-corrected chi connectivity index (χ1v) is 42.9. The van der Waals surface area contributed by atoms with Crippen LogP contribution in [0.3, 0.4) is 0 Å². The second-order valence-corrected chi connectivity index (χ2v) is 37.6. The minimum absolute atomic E-state index is 0.00657. The predicted molar refractivity (Wildman–Crippen MR) is 454 cm³/mol. The third-order valence-electron chi connectivity index (χ3n) is 35.5. The van der Waals surface area contributed by atoms with Crippen molar-refractivity contribution < 1.29 is 96.4 Å². The van der Waals surface area contributed by atoms with E-state index in [-0.39, 0.29) is 159 Å². The lowest BCUT2D eigenvalue weighted by Crippen LogP contribution is -2.39. The standard InChI is InChI=1S/C100H52O20/c101-1-5-109-9-13-113-17-21-117-91(105)99(92(106)118-22-18-114-14-10-110-6-2-102)95-83-67-53-39-29-25-26-30-34-28-36-32(26)42-41-31(25)35-27-33(29)43(53)57-47-37(27)49-59-45(35)55(41)69-70-56(42)46(36)60-50-38(28)48-58-44(34)54(40(30)39)68(67)84(95)72(58)76-62(48)52-64(50)78-74(60)86(70)96-85(69)73(59)77-63(49)51-61(47)75(71(57)83)87-79-65(51)81-82(66(52)80(79)88(76)97(87,95)99)90(78)98(96,89(77)81)100(96,93(107)119-23-19-115-15-11-111-7-3-103)94(108)120-24-20-116-16-12-112-8-4-104/h101-104H,1-24H2. The van der Waals surface area contributed by atoms with Crippen LogP contribution in [-0.4, -0.2) is 203 Å². The normalized spacial score (nSPS) is 18.9. The number of carbonyl (C=O) groups excluding carboxylic acids is 4. The summed E-state index contributed by atoms with van der Waals surface area (Å²) in [6, 6.07) is 0. The largest absolute Gasteiger partial charge is 0.462 e. The maximum atomic E-state index is 18.2. The molecule has 10 aliphatic carbocycles. The summed E-state index contributed by atoms with van der Waals surface area (Å²) >= 11 is 0. The van der Waals surface area contributed by atoms with Crippen LogP contribution in [0.4, 0.5) is 0 Å². The first-order valence-electron chi connectivity index (χ1n) is 42.9. The summed E-state index contributed by atoms with van der Waals surface area (Å²) < 4.78 is 76.2. The van der Waals surface area contributed by atoms with Gasteiger partial charge in [0.2, 0.25) is 0 Å². The summed E-state index contributed by atoms with van der Waals surface area (Å²) in [5, 5.41) is 109. The zero-order valence-electron chi connectivity index (χ0n) is 63.3. The smallest absolute Gasteiger partial charge is 0.326 e. The molecule has 0 unspecified atom stereocenters. The Hall–Kier alpha value is -11.2. The number of aliphatic hydroxyl groups excluding tert-OH is 4. The van der Waals surface area contributed by atoms with Crippen LogP contribution in [0.25, 0.3) is 312 Å². The first-order chi connectivity index (χ1) is 59.4. The number of aliphatic hydroxyl groups is 4. The van der Waals surface area contributed by atoms with Crippen molar-refractivity contribution in [1.29, 1.82) is 0 Å². The topological polar surface area (TPSA) is 260 Å². The minimum Gasteiger partial charge on any atom is -0.462 e. The van der Waals surface area contributed by atoms with Gasteiger partial charge in [-0.1, -0.05) is 0 Å². The molecular formula is C100H52O20. The van der Waals surface area contributed by atoms with E-state index < -0.39 is 56.4 Å². The Morgan fingerprint density at radius 3 is 0.375 bits per heavy atom. The maximum Gasteiger partial charge on any atom is 0.326 e. The number of hydrogen-bond donors (Lipinski definition) is 4. The molecule has 4 N–H and O–H groups in total. The van der Waals surface area contributed by atoms with Crippen LogP contribution in [0.15, 0.2) is 0 Å². The Labute approximate surface area is 664 Å². The van der Waals surface area contributed by atoms with Crippen LogP contribution in [0, 0.1) is 10.8 Å². The van der Waals surface area contributed by atoms with Crippen molar-refractivity contribution in [2.24, 2.45) is 10.8 Å². The van der Waals surface area contributed by atoms with Gasteiger partial charge in [-0.05, 0) is 357 Å². The van der Waals surface area contributed by atoms with Crippen molar-refractivity contribution in [3.63, 3.8) is 0 Å². The molecule has 2 saturated carbocycles. The van der Waals surface area contributed by atoms with E-state index in [9.17, 15) is 20.4 Å². The molecule has 0 saturated heterocycles. The van der Waals surface area contributed by atoms with Gasteiger partial charge in [0.1, 0.15) is 26.4 Å². The van der Waals surface area contributed by atoms with Crippen LogP contribution >= 0.6 is 0 Å². The van der Waals surface area contributed by atoms with Gasteiger partial charge in [-0.2, -0.15) is 0 Å². The van der Waals surface area contributed by atoms with E-state index in [1.54, 1.807) is 0 Å². The van der Waals surface area contributed by atoms with Crippen molar-refractivity contribution in [2.45, 2.75) is 21.7 Å². The summed E-state index contributed by atoms with van der Waals surface area (Å²) in [4.78, 5) is 72.7. The van der Waals surface area contributed by atoms with Crippen LogP contribution in [0.1, 0.15) is 44.5 Å². The number of carbonyl (C=O) groups is 4. The Morgan fingerprint density at radius 1 is 0.150 bits per heavy atom. The van der Waals surface area contributed by atoms with E-state index >= 15 is 19.2 Å². The minimum atomic E-state index is -2.14. The zero-order valence-corrected chi connectivity index (χ0v) is 63.3.